The quantitative estimate of drug-likeness (QED) is 0.650. The van der Waals surface area contributed by atoms with Crippen molar-refractivity contribution in [3.05, 3.63) is 41.2 Å². The Morgan fingerprint density at radius 3 is 2.79 bits per heavy atom. The molecule has 0 fully saturated rings. The minimum Gasteiger partial charge on any atom is -0.480 e. The Morgan fingerprint density at radius 2 is 2.26 bits per heavy atom. The van der Waals surface area contributed by atoms with Crippen LogP contribution in [-0.2, 0) is 11.2 Å². The molecule has 4 N–H and O–H groups in total. The molecule has 2 rings (SSSR count). The number of imidazole rings is 1. The van der Waals surface area contributed by atoms with Gasteiger partial charge in [-0.1, -0.05) is 11.6 Å². The van der Waals surface area contributed by atoms with Gasteiger partial charge in [0.05, 0.1) is 11.3 Å². The number of carboxylic acids is 1. The Bertz CT molecular complexity index is 579. The fourth-order valence-corrected chi connectivity index (χ4v) is 1.71. The maximum atomic E-state index is 11.8. The van der Waals surface area contributed by atoms with E-state index in [-0.39, 0.29) is 12.1 Å². The zero-order valence-electron chi connectivity index (χ0n) is 9.68. The van der Waals surface area contributed by atoms with Crippen molar-refractivity contribution < 1.29 is 14.7 Å². The van der Waals surface area contributed by atoms with E-state index in [2.05, 4.69) is 20.3 Å². The van der Waals surface area contributed by atoms with Crippen molar-refractivity contribution in [1.82, 2.24) is 20.3 Å². The monoisotopic (exact) mass is 282 g/mol. The summed E-state index contributed by atoms with van der Waals surface area (Å²) in [6.07, 6.45) is 4.52. The number of hydrogen-bond donors (Lipinski definition) is 4. The molecule has 1 amide bonds. The highest BCUT2D eigenvalue weighted by Crippen LogP contribution is 2.09. The topological polar surface area (TPSA) is 111 Å². The van der Waals surface area contributed by atoms with Gasteiger partial charge in [-0.2, -0.15) is 0 Å². The molecule has 0 unspecified atom stereocenters. The number of halogens is 1. The lowest BCUT2D eigenvalue weighted by atomic mass is 10.1. The summed E-state index contributed by atoms with van der Waals surface area (Å²) in [7, 11) is 0. The SMILES string of the molecule is O=C(N[C@@H](Cc1cnc[nH]1)C(=O)O)c1cc(Cl)c[nH]1. The van der Waals surface area contributed by atoms with Gasteiger partial charge in [-0.15, -0.1) is 0 Å². The van der Waals surface area contributed by atoms with Gasteiger partial charge in [0.1, 0.15) is 11.7 Å². The van der Waals surface area contributed by atoms with E-state index < -0.39 is 17.9 Å². The lowest BCUT2D eigenvalue weighted by molar-refractivity contribution is -0.139. The van der Waals surface area contributed by atoms with Crippen LogP contribution >= 0.6 is 11.6 Å². The van der Waals surface area contributed by atoms with Crippen LogP contribution in [0.15, 0.2) is 24.8 Å². The van der Waals surface area contributed by atoms with Crippen molar-refractivity contribution in [3.63, 3.8) is 0 Å². The molecular formula is C11H11ClN4O3. The van der Waals surface area contributed by atoms with E-state index in [1.165, 1.54) is 24.8 Å². The number of hydrogen-bond acceptors (Lipinski definition) is 3. The maximum Gasteiger partial charge on any atom is 0.326 e. The molecule has 100 valence electrons. The lowest BCUT2D eigenvalue weighted by Crippen LogP contribution is -2.42. The molecule has 0 bridgehead atoms. The molecule has 0 aliphatic carbocycles. The number of aliphatic carboxylic acids is 1. The average Bonchev–Trinajstić information content (AvgIpc) is 2.99. The molecule has 8 heteroatoms. The van der Waals surface area contributed by atoms with Crippen molar-refractivity contribution in [2.75, 3.05) is 0 Å². The number of aromatic amines is 2. The Hall–Kier alpha value is -2.28. The molecular weight excluding hydrogens is 272 g/mol. The van der Waals surface area contributed by atoms with Gasteiger partial charge < -0.3 is 20.4 Å². The molecule has 0 radical (unpaired) electrons. The van der Waals surface area contributed by atoms with Gasteiger partial charge in [-0.3, -0.25) is 4.79 Å². The van der Waals surface area contributed by atoms with Crippen molar-refractivity contribution in [1.29, 1.82) is 0 Å². The third-order valence-electron chi connectivity index (χ3n) is 2.47. The van der Waals surface area contributed by atoms with Crippen LogP contribution in [-0.4, -0.2) is 38.0 Å². The van der Waals surface area contributed by atoms with Gasteiger partial charge in [0.25, 0.3) is 5.91 Å². The number of carboxylic acid groups (broad SMARTS) is 1. The second kappa shape index (κ2) is 5.57. The van der Waals surface area contributed by atoms with Gasteiger partial charge in [-0.25, -0.2) is 9.78 Å². The van der Waals surface area contributed by atoms with Crippen molar-refractivity contribution in [2.45, 2.75) is 12.5 Å². The first-order chi connectivity index (χ1) is 9.06. The molecule has 0 saturated heterocycles. The summed E-state index contributed by atoms with van der Waals surface area (Å²) in [6.45, 7) is 0. The van der Waals surface area contributed by atoms with Gasteiger partial charge in [0, 0.05) is 24.5 Å². The van der Waals surface area contributed by atoms with Crippen LogP contribution in [0.5, 0.6) is 0 Å². The first-order valence-corrected chi connectivity index (χ1v) is 5.79. The van der Waals surface area contributed by atoms with Crippen LogP contribution in [0.4, 0.5) is 0 Å². The fraction of sp³-hybridized carbons (Fsp3) is 0.182. The second-order valence-corrected chi connectivity index (χ2v) is 4.31. The number of carbonyl (C=O) groups is 2. The number of H-pyrrole nitrogens is 2. The number of nitrogens with zero attached hydrogens (tertiary/aromatic N) is 1. The molecule has 7 nitrogen and oxygen atoms in total. The first kappa shape index (κ1) is 13.2. The molecule has 0 aliphatic heterocycles. The van der Waals surface area contributed by atoms with Gasteiger partial charge >= 0.3 is 5.97 Å². The van der Waals surface area contributed by atoms with Crippen LogP contribution in [0.2, 0.25) is 5.02 Å². The van der Waals surface area contributed by atoms with Crippen molar-refractivity contribution >= 4 is 23.5 Å². The Labute approximate surface area is 113 Å². The largest absolute Gasteiger partial charge is 0.480 e. The number of amides is 1. The molecule has 1 atom stereocenters. The summed E-state index contributed by atoms with van der Waals surface area (Å²) in [6, 6.07) is 0.376. The molecule has 0 spiro atoms. The Kier molecular flexibility index (Phi) is 3.86. The summed E-state index contributed by atoms with van der Waals surface area (Å²) in [5.74, 6) is -1.65. The number of carbonyl (C=O) groups excluding carboxylic acids is 1. The number of nitrogens with one attached hydrogen (secondary N) is 3. The third-order valence-corrected chi connectivity index (χ3v) is 2.69. The van der Waals surface area contributed by atoms with Crippen LogP contribution < -0.4 is 5.32 Å². The minimum atomic E-state index is -1.12. The molecule has 0 aliphatic rings. The number of aromatic nitrogens is 3. The van der Waals surface area contributed by atoms with Crippen molar-refractivity contribution in [2.24, 2.45) is 0 Å². The lowest BCUT2D eigenvalue weighted by Gasteiger charge is -2.12. The van der Waals surface area contributed by atoms with Gasteiger partial charge in [0.2, 0.25) is 0 Å². The molecule has 19 heavy (non-hydrogen) atoms. The van der Waals surface area contributed by atoms with E-state index in [0.717, 1.165) is 0 Å². The fourth-order valence-electron chi connectivity index (χ4n) is 1.55. The van der Waals surface area contributed by atoms with Crippen LogP contribution in [0.25, 0.3) is 0 Å². The van der Waals surface area contributed by atoms with Crippen LogP contribution in [0.3, 0.4) is 0 Å². The maximum absolute atomic E-state index is 11.8. The third kappa shape index (κ3) is 3.35. The van der Waals surface area contributed by atoms with E-state index in [4.69, 9.17) is 16.7 Å². The van der Waals surface area contributed by atoms with Gasteiger partial charge in [0.15, 0.2) is 0 Å². The summed E-state index contributed by atoms with van der Waals surface area (Å²) in [4.78, 5) is 32.2. The molecule has 2 aromatic heterocycles. The Morgan fingerprint density at radius 1 is 1.47 bits per heavy atom. The van der Waals surface area contributed by atoms with E-state index in [1.807, 2.05) is 0 Å². The molecule has 0 aromatic carbocycles. The zero-order chi connectivity index (χ0) is 13.8. The predicted octanol–water partition coefficient (Wildman–Crippen LogP) is 0.817. The van der Waals surface area contributed by atoms with Gasteiger partial charge in [-0.05, 0) is 6.07 Å². The summed E-state index contributed by atoms with van der Waals surface area (Å²) < 4.78 is 0. The summed E-state index contributed by atoms with van der Waals surface area (Å²) >= 11 is 5.68. The highest BCUT2D eigenvalue weighted by atomic mass is 35.5. The van der Waals surface area contributed by atoms with Crippen LogP contribution in [0.1, 0.15) is 16.2 Å². The highest BCUT2D eigenvalue weighted by Gasteiger charge is 2.22. The second-order valence-electron chi connectivity index (χ2n) is 3.88. The van der Waals surface area contributed by atoms with Crippen molar-refractivity contribution in [3.8, 4) is 0 Å². The van der Waals surface area contributed by atoms with E-state index in [9.17, 15) is 9.59 Å². The van der Waals surface area contributed by atoms with E-state index in [0.29, 0.717) is 10.7 Å². The minimum absolute atomic E-state index is 0.121. The number of rotatable bonds is 5. The standard InChI is InChI=1S/C11H11ClN4O3/c12-6-1-8(14-3-6)10(17)16-9(11(18)19)2-7-4-13-5-15-7/h1,3-5,9,14H,2H2,(H,13,15)(H,16,17)(H,18,19)/t9-/m0/s1. The summed E-state index contributed by atoms with van der Waals surface area (Å²) in [5, 5.41) is 11.9. The molecule has 2 heterocycles. The summed E-state index contributed by atoms with van der Waals surface area (Å²) in [5.41, 5.74) is 0.832. The normalized spacial score (nSPS) is 12.1. The van der Waals surface area contributed by atoms with Crippen LogP contribution in [0, 0.1) is 0 Å². The highest BCUT2D eigenvalue weighted by molar-refractivity contribution is 6.30. The molecule has 2 aromatic rings. The first-order valence-electron chi connectivity index (χ1n) is 5.41. The Balaban J connectivity index is 2.04. The van der Waals surface area contributed by atoms with E-state index in [1.54, 1.807) is 0 Å². The smallest absolute Gasteiger partial charge is 0.326 e. The zero-order valence-corrected chi connectivity index (χ0v) is 10.4. The van der Waals surface area contributed by atoms with E-state index >= 15 is 0 Å². The molecule has 0 saturated carbocycles. The average molecular weight is 283 g/mol. The predicted molar refractivity (Wildman–Crippen MR) is 67.0 cm³/mol.